The second-order valence-electron chi connectivity index (χ2n) is 3.64. The zero-order valence-electron chi connectivity index (χ0n) is 10.2. The lowest BCUT2D eigenvalue weighted by molar-refractivity contribution is -0.136. The fourth-order valence-electron chi connectivity index (χ4n) is 1.19. The predicted molar refractivity (Wildman–Crippen MR) is 67.0 cm³/mol. The molecule has 0 fully saturated rings. The lowest BCUT2D eigenvalue weighted by atomic mass is 10.4. The molecule has 1 rings (SSSR count). The molecule has 0 aromatic carbocycles. The summed E-state index contributed by atoms with van der Waals surface area (Å²) in [7, 11) is 5.41. The van der Waals surface area contributed by atoms with Crippen LogP contribution in [0.15, 0.2) is 0 Å². The molecule has 0 spiro atoms. The van der Waals surface area contributed by atoms with Crippen LogP contribution < -0.4 is 15.0 Å². The Morgan fingerprint density at radius 1 is 1.59 bits per heavy atom. The molecule has 0 amide bonds. The van der Waals surface area contributed by atoms with Gasteiger partial charge in [-0.1, -0.05) is 11.3 Å². The molecule has 0 atom stereocenters. The molecular weight excluding hydrogens is 242 g/mol. The van der Waals surface area contributed by atoms with E-state index in [1.807, 2.05) is 19.0 Å². The van der Waals surface area contributed by atoms with Crippen molar-refractivity contribution in [1.29, 1.82) is 0 Å². The molecule has 0 bridgehead atoms. The Morgan fingerprint density at radius 3 is 2.82 bits per heavy atom. The minimum absolute atomic E-state index is 0.113. The molecule has 0 aliphatic heterocycles. The van der Waals surface area contributed by atoms with Gasteiger partial charge in [-0.15, -0.1) is 0 Å². The van der Waals surface area contributed by atoms with E-state index in [1.165, 1.54) is 11.3 Å². The van der Waals surface area contributed by atoms with E-state index in [4.69, 9.17) is 9.84 Å². The van der Waals surface area contributed by atoms with Crippen LogP contribution in [0.25, 0.3) is 0 Å². The highest BCUT2D eigenvalue weighted by molar-refractivity contribution is 7.15. The number of nitrogens with one attached hydrogen (secondary N) is 1. The minimum Gasteiger partial charge on any atom is -0.481 e. The number of aliphatic carboxylic acids is 1. The van der Waals surface area contributed by atoms with Crippen molar-refractivity contribution in [2.75, 3.05) is 32.6 Å². The van der Waals surface area contributed by atoms with Gasteiger partial charge in [0.2, 0.25) is 5.88 Å². The Labute approximate surface area is 104 Å². The molecular formula is C10H17N3O3S. The number of nitrogens with zero attached hydrogens (tertiary/aromatic N) is 2. The summed E-state index contributed by atoms with van der Waals surface area (Å²) >= 11 is 1.53. The normalized spacial score (nSPS) is 10.3. The first-order chi connectivity index (χ1) is 8.04. The topological polar surface area (TPSA) is 74.7 Å². The van der Waals surface area contributed by atoms with Crippen LogP contribution in [0.4, 0.5) is 5.13 Å². The minimum atomic E-state index is -0.803. The first kappa shape index (κ1) is 13.7. The van der Waals surface area contributed by atoms with E-state index in [1.54, 1.807) is 7.11 Å². The standard InChI is InChI=1S/C10H17N3O3S/c1-13(2)10-12-9(16-3)7(17-10)6-11-5-4-8(14)15/h11H,4-6H2,1-3H3,(H,14,15). The van der Waals surface area contributed by atoms with Gasteiger partial charge in [0.15, 0.2) is 5.13 Å². The van der Waals surface area contributed by atoms with Gasteiger partial charge in [0.1, 0.15) is 0 Å². The van der Waals surface area contributed by atoms with Crippen LogP contribution in [-0.4, -0.2) is 43.8 Å². The summed E-state index contributed by atoms with van der Waals surface area (Å²) in [5.74, 6) is -0.204. The number of carboxylic acid groups (broad SMARTS) is 1. The third-order valence-electron chi connectivity index (χ3n) is 2.03. The predicted octanol–water partition coefficient (Wildman–Crippen LogP) is 0.782. The maximum Gasteiger partial charge on any atom is 0.304 e. The fraction of sp³-hybridized carbons (Fsp3) is 0.600. The van der Waals surface area contributed by atoms with Gasteiger partial charge in [0.25, 0.3) is 0 Å². The number of methoxy groups -OCH3 is 1. The van der Waals surface area contributed by atoms with E-state index >= 15 is 0 Å². The Hall–Kier alpha value is -1.34. The number of ether oxygens (including phenoxy) is 1. The second kappa shape index (κ2) is 6.41. The molecule has 2 N–H and O–H groups in total. The number of rotatable bonds is 7. The summed E-state index contributed by atoms with van der Waals surface area (Å²) in [4.78, 5) is 17.5. The molecule has 0 unspecified atom stereocenters. The molecule has 1 aromatic heterocycles. The van der Waals surface area contributed by atoms with Crippen molar-refractivity contribution in [2.24, 2.45) is 0 Å². The van der Waals surface area contributed by atoms with Crippen molar-refractivity contribution < 1.29 is 14.6 Å². The van der Waals surface area contributed by atoms with Crippen LogP contribution in [0.3, 0.4) is 0 Å². The molecule has 1 heterocycles. The van der Waals surface area contributed by atoms with Crippen LogP contribution in [0, 0.1) is 0 Å². The molecule has 1 aromatic rings. The van der Waals surface area contributed by atoms with Crippen molar-refractivity contribution in [2.45, 2.75) is 13.0 Å². The van der Waals surface area contributed by atoms with Gasteiger partial charge in [-0.3, -0.25) is 4.79 Å². The maximum absolute atomic E-state index is 10.3. The molecule has 7 heteroatoms. The lowest BCUT2D eigenvalue weighted by Crippen LogP contribution is -2.17. The molecule has 0 saturated carbocycles. The van der Waals surface area contributed by atoms with Crippen molar-refractivity contribution in [1.82, 2.24) is 10.3 Å². The van der Waals surface area contributed by atoms with Gasteiger partial charge in [-0.25, -0.2) is 0 Å². The van der Waals surface area contributed by atoms with E-state index in [2.05, 4.69) is 10.3 Å². The number of hydrogen-bond acceptors (Lipinski definition) is 6. The molecule has 96 valence electrons. The molecule has 0 aliphatic rings. The zero-order chi connectivity index (χ0) is 12.8. The average Bonchev–Trinajstić information content (AvgIpc) is 2.67. The molecule has 0 radical (unpaired) electrons. The van der Waals surface area contributed by atoms with Crippen LogP contribution in [0.2, 0.25) is 0 Å². The molecule has 0 aliphatic carbocycles. The van der Waals surface area contributed by atoms with E-state index in [0.717, 1.165) is 10.0 Å². The third kappa shape index (κ3) is 4.20. The fourth-order valence-corrected chi connectivity index (χ4v) is 2.11. The number of hydrogen-bond donors (Lipinski definition) is 2. The highest BCUT2D eigenvalue weighted by Crippen LogP contribution is 2.29. The zero-order valence-corrected chi connectivity index (χ0v) is 11.0. The molecule has 0 saturated heterocycles. The van der Waals surface area contributed by atoms with Gasteiger partial charge >= 0.3 is 5.97 Å². The summed E-state index contributed by atoms with van der Waals surface area (Å²) in [6.45, 7) is 1.01. The third-order valence-corrected chi connectivity index (χ3v) is 3.23. The summed E-state index contributed by atoms with van der Waals surface area (Å²) in [6, 6.07) is 0. The highest BCUT2D eigenvalue weighted by atomic mass is 32.1. The monoisotopic (exact) mass is 259 g/mol. The van der Waals surface area contributed by atoms with E-state index < -0.39 is 5.97 Å². The van der Waals surface area contributed by atoms with Gasteiger partial charge in [0, 0.05) is 27.2 Å². The van der Waals surface area contributed by atoms with Crippen molar-refractivity contribution >= 4 is 22.4 Å². The number of thiazole rings is 1. The van der Waals surface area contributed by atoms with E-state index in [-0.39, 0.29) is 6.42 Å². The smallest absolute Gasteiger partial charge is 0.304 e. The first-order valence-corrected chi connectivity index (χ1v) is 5.99. The maximum atomic E-state index is 10.3. The van der Waals surface area contributed by atoms with Crippen LogP contribution in [-0.2, 0) is 11.3 Å². The number of carbonyl (C=O) groups is 1. The number of carboxylic acids is 1. The van der Waals surface area contributed by atoms with Crippen LogP contribution in [0.5, 0.6) is 5.88 Å². The average molecular weight is 259 g/mol. The SMILES string of the molecule is COc1nc(N(C)C)sc1CNCCC(=O)O. The quantitative estimate of drug-likeness (QED) is 0.705. The Balaban J connectivity index is 2.54. The van der Waals surface area contributed by atoms with Crippen molar-refractivity contribution in [3.63, 3.8) is 0 Å². The summed E-state index contributed by atoms with van der Waals surface area (Å²) in [6.07, 6.45) is 0.113. The largest absolute Gasteiger partial charge is 0.481 e. The highest BCUT2D eigenvalue weighted by Gasteiger charge is 2.12. The lowest BCUT2D eigenvalue weighted by Gasteiger charge is -2.04. The van der Waals surface area contributed by atoms with E-state index in [9.17, 15) is 4.79 Å². The summed E-state index contributed by atoms with van der Waals surface area (Å²) < 4.78 is 5.17. The van der Waals surface area contributed by atoms with E-state index in [0.29, 0.717) is 19.0 Å². The van der Waals surface area contributed by atoms with Gasteiger partial charge < -0.3 is 20.1 Å². The summed E-state index contributed by atoms with van der Waals surface area (Å²) in [5.41, 5.74) is 0. The van der Waals surface area contributed by atoms with Crippen molar-refractivity contribution in [3.8, 4) is 5.88 Å². The number of anilines is 1. The Kier molecular flexibility index (Phi) is 5.17. The Bertz CT molecular complexity index is 379. The second-order valence-corrected chi connectivity index (χ2v) is 4.71. The van der Waals surface area contributed by atoms with Crippen LogP contribution >= 0.6 is 11.3 Å². The van der Waals surface area contributed by atoms with Crippen molar-refractivity contribution in [3.05, 3.63) is 4.88 Å². The van der Waals surface area contributed by atoms with Gasteiger partial charge in [-0.05, 0) is 0 Å². The van der Waals surface area contributed by atoms with Gasteiger partial charge in [0.05, 0.1) is 18.4 Å². The molecule has 17 heavy (non-hydrogen) atoms. The number of aromatic nitrogens is 1. The summed E-state index contributed by atoms with van der Waals surface area (Å²) in [5, 5.41) is 12.4. The van der Waals surface area contributed by atoms with Gasteiger partial charge in [-0.2, -0.15) is 4.98 Å². The Morgan fingerprint density at radius 2 is 2.29 bits per heavy atom. The van der Waals surface area contributed by atoms with Crippen LogP contribution in [0.1, 0.15) is 11.3 Å². The molecule has 6 nitrogen and oxygen atoms in total. The first-order valence-electron chi connectivity index (χ1n) is 5.18.